The predicted octanol–water partition coefficient (Wildman–Crippen LogP) is 3.13. The maximum atomic E-state index is 13.3. The van der Waals surface area contributed by atoms with Gasteiger partial charge in [-0.2, -0.15) is 0 Å². The van der Waals surface area contributed by atoms with Gasteiger partial charge in [-0.15, -0.1) is 0 Å². The Morgan fingerprint density at radius 3 is 2.63 bits per heavy atom. The summed E-state index contributed by atoms with van der Waals surface area (Å²) < 4.78 is 24.0. The second-order valence-corrected chi connectivity index (χ2v) is 4.84. The maximum absolute atomic E-state index is 13.3. The monoisotopic (exact) mass is 269 g/mol. The molecule has 1 aromatic carbocycles. The molecule has 0 saturated carbocycles. The summed E-state index contributed by atoms with van der Waals surface area (Å²) in [7, 11) is 1.69. The van der Waals surface area contributed by atoms with Crippen molar-refractivity contribution in [1.82, 2.24) is 5.32 Å². The Morgan fingerprint density at radius 1 is 1.21 bits per heavy atom. The first-order valence-electron chi connectivity index (χ1n) is 6.77. The molecule has 1 aromatic rings. The molecule has 1 N–H and O–H groups in total. The lowest BCUT2D eigenvalue weighted by Gasteiger charge is -2.14. The van der Waals surface area contributed by atoms with E-state index in [4.69, 9.17) is 9.47 Å². The molecule has 0 saturated heterocycles. The molecular weight excluding hydrogens is 245 g/mol. The minimum Gasteiger partial charge on any atom is -0.493 e. The number of nitrogens with one attached hydrogen (secondary N) is 1. The summed E-state index contributed by atoms with van der Waals surface area (Å²) in [6.45, 7) is 6.11. The summed E-state index contributed by atoms with van der Waals surface area (Å²) in [6, 6.07) is 5.02. The fraction of sp³-hybridized carbons (Fsp3) is 0.600. The zero-order valence-corrected chi connectivity index (χ0v) is 12.0. The smallest absolute Gasteiger partial charge is 0.123 e. The van der Waals surface area contributed by atoms with Crippen molar-refractivity contribution >= 4 is 0 Å². The van der Waals surface area contributed by atoms with Crippen LogP contribution in [0.2, 0.25) is 0 Å². The van der Waals surface area contributed by atoms with Crippen LogP contribution in [0.1, 0.15) is 32.3 Å². The van der Waals surface area contributed by atoms with E-state index in [9.17, 15) is 4.39 Å². The Labute approximate surface area is 115 Å². The van der Waals surface area contributed by atoms with Crippen LogP contribution in [0, 0.1) is 5.82 Å². The Balaban J connectivity index is 2.50. The largest absolute Gasteiger partial charge is 0.493 e. The number of benzene rings is 1. The van der Waals surface area contributed by atoms with Gasteiger partial charge < -0.3 is 14.8 Å². The number of methoxy groups -OCH3 is 1. The first-order valence-corrected chi connectivity index (χ1v) is 6.77. The summed E-state index contributed by atoms with van der Waals surface area (Å²) in [6.07, 6.45) is 1.90. The Hall–Kier alpha value is -1.13. The Bertz CT molecular complexity index is 369. The molecule has 0 unspecified atom stereocenters. The number of rotatable bonds is 9. The summed E-state index contributed by atoms with van der Waals surface area (Å²) in [4.78, 5) is 0. The van der Waals surface area contributed by atoms with Gasteiger partial charge >= 0.3 is 0 Å². The van der Waals surface area contributed by atoms with Crippen molar-refractivity contribution in [2.75, 3.05) is 20.3 Å². The SMILES string of the molecule is COCCCCOc1ccc(F)cc1CNC(C)C. The van der Waals surface area contributed by atoms with Crippen LogP contribution >= 0.6 is 0 Å². The highest BCUT2D eigenvalue weighted by atomic mass is 19.1. The Kier molecular flexibility index (Phi) is 7.45. The van der Waals surface area contributed by atoms with E-state index in [1.807, 2.05) is 0 Å². The molecule has 0 bridgehead atoms. The van der Waals surface area contributed by atoms with Gasteiger partial charge in [0.15, 0.2) is 0 Å². The van der Waals surface area contributed by atoms with Crippen LogP contribution in [0.4, 0.5) is 4.39 Å². The van der Waals surface area contributed by atoms with Gasteiger partial charge in [0.05, 0.1) is 6.61 Å². The van der Waals surface area contributed by atoms with Crippen molar-refractivity contribution in [3.63, 3.8) is 0 Å². The zero-order chi connectivity index (χ0) is 14.1. The number of hydrogen-bond donors (Lipinski definition) is 1. The molecular formula is C15H24FNO2. The Morgan fingerprint density at radius 2 is 1.95 bits per heavy atom. The third-order valence-electron chi connectivity index (χ3n) is 2.72. The zero-order valence-electron chi connectivity index (χ0n) is 12.0. The van der Waals surface area contributed by atoms with Crippen LogP contribution < -0.4 is 10.1 Å². The first kappa shape index (κ1) is 15.9. The van der Waals surface area contributed by atoms with Crippen molar-refractivity contribution in [1.29, 1.82) is 0 Å². The van der Waals surface area contributed by atoms with Crippen LogP contribution in [0.5, 0.6) is 5.75 Å². The average molecular weight is 269 g/mol. The number of ether oxygens (including phenoxy) is 2. The molecule has 0 spiro atoms. The van der Waals surface area contributed by atoms with Gasteiger partial charge in [0.1, 0.15) is 11.6 Å². The van der Waals surface area contributed by atoms with Crippen LogP contribution in [-0.2, 0) is 11.3 Å². The second-order valence-electron chi connectivity index (χ2n) is 4.84. The summed E-state index contributed by atoms with van der Waals surface area (Å²) >= 11 is 0. The molecule has 0 amide bonds. The third-order valence-corrected chi connectivity index (χ3v) is 2.72. The molecule has 0 radical (unpaired) electrons. The van der Waals surface area contributed by atoms with E-state index in [1.54, 1.807) is 13.2 Å². The minimum absolute atomic E-state index is 0.229. The van der Waals surface area contributed by atoms with E-state index in [0.717, 1.165) is 30.8 Å². The van der Waals surface area contributed by atoms with E-state index >= 15 is 0 Å². The van der Waals surface area contributed by atoms with Crippen LogP contribution in [0.3, 0.4) is 0 Å². The topological polar surface area (TPSA) is 30.5 Å². The highest BCUT2D eigenvalue weighted by Crippen LogP contribution is 2.20. The fourth-order valence-corrected chi connectivity index (χ4v) is 1.67. The summed E-state index contributed by atoms with van der Waals surface area (Å²) in [5.41, 5.74) is 0.862. The molecule has 19 heavy (non-hydrogen) atoms. The van der Waals surface area contributed by atoms with E-state index < -0.39 is 0 Å². The van der Waals surface area contributed by atoms with Gasteiger partial charge in [-0.25, -0.2) is 4.39 Å². The van der Waals surface area contributed by atoms with Gasteiger partial charge in [-0.3, -0.25) is 0 Å². The van der Waals surface area contributed by atoms with Crippen molar-refractivity contribution in [3.8, 4) is 5.75 Å². The molecule has 0 aliphatic carbocycles. The van der Waals surface area contributed by atoms with Crippen molar-refractivity contribution in [2.45, 2.75) is 39.3 Å². The highest BCUT2D eigenvalue weighted by Gasteiger charge is 2.06. The average Bonchev–Trinajstić information content (AvgIpc) is 2.38. The first-order chi connectivity index (χ1) is 9.13. The molecule has 0 fully saturated rings. The van der Waals surface area contributed by atoms with Gasteiger partial charge in [-0.1, -0.05) is 13.8 Å². The lowest BCUT2D eigenvalue weighted by atomic mass is 10.2. The molecule has 3 nitrogen and oxygen atoms in total. The fourth-order valence-electron chi connectivity index (χ4n) is 1.67. The van der Waals surface area contributed by atoms with E-state index in [2.05, 4.69) is 19.2 Å². The van der Waals surface area contributed by atoms with E-state index in [1.165, 1.54) is 12.1 Å². The molecule has 0 atom stereocenters. The molecule has 0 heterocycles. The normalized spacial score (nSPS) is 11.0. The van der Waals surface area contributed by atoms with Gasteiger partial charge in [0.2, 0.25) is 0 Å². The van der Waals surface area contributed by atoms with Crippen LogP contribution in [-0.4, -0.2) is 26.4 Å². The standard InChI is InChI=1S/C15H24FNO2/c1-12(2)17-11-13-10-14(16)6-7-15(13)19-9-5-4-8-18-3/h6-7,10,12,17H,4-5,8-9,11H2,1-3H3. The van der Waals surface area contributed by atoms with E-state index in [0.29, 0.717) is 19.2 Å². The van der Waals surface area contributed by atoms with Crippen molar-refractivity contribution in [2.24, 2.45) is 0 Å². The van der Waals surface area contributed by atoms with Gasteiger partial charge in [0.25, 0.3) is 0 Å². The van der Waals surface area contributed by atoms with Crippen LogP contribution in [0.15, 0.2) is 18.2 Å². The molecule has 108 valence electrons. The lowest BCUT2D eigenvalue weighted by Crippen LogP contribution is -2.22. The van der Waals surface area contributed by atoms with Gasteiger partial charge in [0, 0.05) is 31.9 Å². The summed E-state index contributed by atoms with van der Waals surface area (Å²) in [5.74, 6) is 0.527. The van der Waals surface area contributed by atoms with Crippen molar-refractivity contribution < 1.29 is 13.9 Å². The number of unbranched alkanes of at least 4 members (excludes halogenated alkanes) is 1. The lowest BCUT2D eigenvalue weighted by molar-refractivity contribution is 0.184. The van der Waals surface area contributed by atoms with Gasteiger partial charge in [-0.05, 0) is 31.0 Å². The molecule has 4 heteroatoms. The maximum Gasteiger partial charge on any atom is 0.123 e. The molecule has 0 aliphatic heterocycles. The molecule has 0 aromatic heterocycles. The van der Waals surface area contributed by atoms with Crippen molar-refractivity contribution in [3.05, 3.63) is 29.6 Å². The number of hydrogen-bond acceptors (Lipinski definition) is 3. The van der Waals surface area contributed by atoms with E-state index in [-0.39, 0.29) is 5.82 Å². The summed E-state index contributed by atoms with van der Waals surface area (Å²) in [5, 5.41) is 3.27. The highest BCUT2D eigenvalue weighted by molar-refractivity contribution is 5.33. The predicted molar refractivity (Wildman–Crippen MR) is 75.0 cm³/mol. The third kappa shape index (κ3) is 6.55. The minimum atomic E-state index is -0.229. The quantitative estimate of drug-likeness (QED) is 0.699. The second kappa shape index (κ2) is 8.88. The molecule has 1 rings (SSSR count). The number of halogens is 1. The van der Waals surface area contributed by atoms with Crippen LogP contribution in [0.25, 0.3) is 0 Å². The molecule has 0 aliphatic rings.